The van der Waals surface area contributed by atoms with Crippen molar-refractivity contribution in [2.24, 2.45) is 0 Å². The van der Waals surface area contributed by atoms with E-state index in [1.807, 2.05) is 6.20 Å². The quantitative estimate of drug-likeness (QED) is 0.926. The van der Waals surface area contributed by atoms with Crippen LogP contribution in [0.3, 0.4) is 0 Å². The molecule has 118 valence electrons. The summed E-state index contributed by atoms with van der Waals surface area (Å²) < 4.78 is 13.8. The molecule has 1 aromatic heterocycles. The highest BCUT2D eigenvalue weighted by atomic mass is 16.5. The summed E-state index contributed by atoms with van der Waals surface area (Å²) in [6.07, 6.45) is 8.36. The highest BCUT2D eigenvalue weighted by molar-refractivity contribution is 5.10. The van der Waals surface area contributed by atoms with Gasteiger partial charge in [0.25, 0.3) is 0 Å². The van der Waals surface area contributed by atoms with Gasteiger partial charge in [-0.15, -0.1) is 0 Å². The smallest absolute Gasteiger partial charge is 0.0746 e. The van der Waals surface area contributed by atoms with E-state index < -0.39 is 0 Å². The molecular weight excluding hydrogens is 266 g/mol. The molecule has 2 atom stereocenters. The minimum atomic E-state index is 0.0283. The van der Waals surface area contributed by atoms with Gasteiger partial charge in [-0.05, 0) is 39.2 Å². The van der Waals surface area contributed by atoms with Gasteiger partial charge in [-0.3, -0.25) is 4.68 Å². The number of hydrogen-bond acceptors (Lipinski definition) is 4. The average Bonchev–Trinajstić information content (AvgIpc) is 2.98. The van der Waals surface area contributed by atoms with Crippen molar-refractivity contribution >= 4 is 0 Å². The van der Waals surface area contributed by atoms with E-state index in [4.69, 9.17) is 9.47 Å². The Morgan fingerprint density at radius 3 is 3.00 bits per heavy atom. The van der Waals surface area contributed by atoms with Gasteiger partial charge in [0.05, 0.1) is 17.8 Å². The third kappa shape index (κ3) is 3.30. The van der Waals surface area contributed by atoms with Crippen LogP contribution < -0.4 is 5.32 Å². The van der Waals surface area contributed by atoms with Gasteiger partial charge in [-0.25, -0.2) is 0 Å². The Labute approximate surface area is 127 Å². The number of rotatable bonds is 4. The van der Waals surface area contributed by atoms with E-state index in [0.717, 1.165) is 52.0 Å². The predicted molar refractivity (Wildman–Crippen MR) is 81.3 cm³/mol. The Kier molecular flexibility index (Phi) is 4.62. The van der Waals surface area contributed by atoms with Gasteiger partial charge in [-0.1, -0.05) is 6.92 Å². The molecule has 1 N–H and O–H groups in total. The van der Waals surface area contributed by atoms with Crippen molar-refractivity contribution in [3.63, 3.8) is 0 Å². The highest BCUT2D eigenvalue weighted by Gasteiger charge is 2.39. The van der Waals surface area contributed by atoms with E-state index in [9.17, 15) is 0 Å². The molecule has 5 heteroatoms. The summed E-state index contributed by atoms with van der Waals surface area (Å²) in [6.45, 7) is 7.79. The first-order valence-electron chi connectivity index (χ1n) is 8.21. The van der Waals surface area contributed by atoms with Crippen molar-refractivity contribution < 1.29 is 9.47 Å². The van der Waals surface area contributed by atoms with Crippen LogP contribution in [-0.4, -0.2) is 41.7 Å². The standard InChI is InChI=1S/C16H27N3O2/c1-3-17-13(2)14-11-18-19(12-14)15-4-7-21-16(10-15)5-8-20-9-6-16/h11-13,15,17H,3-10H2,1-2H3. The number of aromatic nitrogens is 2. The van der Waals surface area contributed by atoms with E-state index in [0.29, 0.717) is 12.1 Å². The fraction of sp³-hybridized carbons (Fsp3) is 0.812. The van der Waals surface area contributed by atoms with E-state index in [2.05, 4.69) is 35.1 Å². The SMILES string of the molecule is CCNC(C)c1cnn(C2CCOC3(CCOCC3)C2)c1. The molecule has 1 aromatic rings. The second kappa shape index (κ2) is 6.46. The molecule has 0 amide bonds. The van der Waals surface area contributed by atoms with E-state index in [-0.39, 0.29) is 5.60 Å². The zero-order valence-electron chi connectivity index (χ0n) is 13.2. The third-order valence-corrected chi connectivity index (χ3v) is 4.88. The maximum absolute atomic E-state index is 6.12. The Hall–Kier alpha value is -0.910. The van der Waals surface area contributed by atoms with Crippen LogP contribution >= 0.6 is 0 Å². The van der Waals surface area contributed by atoms with Crippen molar-refractivity contribution in [2.75, 3.05) is 26.4 Å². The van der Waals surface area contributed by atoms with Crippen LogP contribution in [-0.2, 0) is 9.47 Å². The summed E-state index contributed by atoms with van der Waals surface area (Å²) in [6, 6.07) is 0.819. The van der Waals surface area contributed by atoms with Crippen LogP contribution in [0.25, 0.3) is 0 Å². The zero-order valence-corrected chi connectivity index (χ0v) is 13.2. The number of nitrogens with zero attached hydrogens (tertiary/aromatic N) is 2. The second-order valence-corrected chi connectivity index (χ2v) is 6.32. The van der Waals surface area contributed by atoms with Gasteiger partial charge in [0, 0.05) is 37.6 Å². The first kappa shape index (κ1) is 15.0. The van der Waals surface area contributed by atoms with Crippen molar-refractivity contribution in [3.8, 4) is 0 Å². The number of hydrogen-bond donors (Lipinski definition) is 1. The summed E-state index contributed by atoms with van der Waals surface area (Å²) in [5.41, 5.74) is 1.30. The maximum atomic E-state index is 6.12. The average molecular weight is 293 g/mol. The fourth-order valence-corrected chi connectivity index (χ4v) is 3.52. The lowest BCUT2D eigenvalue weighted by Gasteiger charge is -2.43. The van der Waals surface area contributed by atoms with Gasteiger partial charge >= 0.3 is 0 Å². The third-order valence-electron chi connectivity index (χ3n) is 4.88. The largest absolute Gasteiger partial charge is 0.381 e. The Balaban J connectivity index is 1.68. The maximum Gasteiger partial charge on any atom is 0.0746 e. The molecule has 0 aliphatic carbocycles. The first-order valence-corrected chi connectivity index (χ1v) is 8.21. The summed E-state index contributed by atoms with van der Waals surface area (Å²) in [5, 5.41) is 8.05. The number of nitrogens with one attached hydrogen (secondary N) is 1. The van der Waals surface area contributed by atoms with Crippen LogP contribution in [0.4, 0.5) is 0 Å². The number of ether oxygens (including phenoxy) is 2. The molecule has 0 aromatic carbocycles. The Morgan fingerprint density at radius 1 is 1.43 bits per heavy atom. The molecule has 2 saturated heterocycles. The molecule has 2 unspecified atom stereocenters. The molecule has 1 spiro atoms. The summed E-state index contributed by atoms with van der Waals surface area (Å²) >= 11 is 0. The van der Waals surface area contributed by atoms with Gasteiger partial charge < -0.3 is 14.8 Å². The first-order chi connectivity index (χ1) is 10.2. The normalized spacial score (nSPS) is 26.9. The van der Waals surface area contributed by atoms with Crippen LogP contribution in [0.5, 0.6) is 0 Å². The molecule has 2 aliphatic heterocycles. The fourth-order valence-electron chi connectivity index (χ4n) is 3.52. The van der Waals surface area contributed by atoms with Crippen LogP contribution in [0.2, 0.25) is 0 Å². The van der Waals surface area contributed by atoms with Crippen LogP contribution in [0.1, 0.15) is 57.2 Å². The van der Waals surface area contributed by atoms with Crippen molar-refractivity contribution in [1.29, 1.82) is 0 Å². The van der Waals surface area contributed by atoms with Gasteiger partial charge in [0.2, 0.25) is 0 Å². The zero-order chi connectivity index (χ0) is 14.7. The molecule has 5 nitrogen and oxygen atoms in total. The van der Waals surface area contributed by atoms with Gasteiger partial charge in [0.15, 0.2) is 0 Å². The molecule has 0 saturated carbocycles. The van der Waals surface area contributed by atoms with E-state index >= 15 is 0 Å². The summed E-state index contributed by atoms with van der Waals surface area (Å²) in [5.74, 6) is 0. The molecule has 0 radical (unpaired) electrons. The minimum Gasteiger partial charge on any atom is -0.381 e. The van der Waals surface area contributed by atoms with Crippen molar-refractivity contribution in [1.82, 2.24) is 15.1 Å². The van der Waals surface area contributed by atoms with Crippen molar-refractivity contribution in [3.05, 3.63) is 18.0 Å². The van der Waals surface area contributed by atoms with E-state index in [1.165, 1.54) is 5.56 Å². The molecule has 3 heterocycles. The van der Waals surface area contributed by atoms with E-state index in [1.54, 1.807) is 0 Å². The molecule has 0 bridgehead atoms. The minimum absolute atomic E-state index is 0.0283. The Morgan fingerprint density at radius 2 is 2.24 bits per heavy atom. The van der Waals surface area contributed by atoms with Crippen LogP contribution in [0, 0.1) is 0 Å². The predicted octanol–water partition coefficient (Wildman–Crippen LogP) is 2.45. The van der Waals surface area contributed by atoms with Gasteiger partial charge in [0.1, 0.15) is 0 Å². The topological polar surface area (TPSA) is 48.3 Å². The molecule has 2 aliphatic rings. The lowest BCUT2D eigenvalue weighted by molar-refractivity contribution is -0.145. The molecule has 21 heavy (non-hydrogen) atoms. The van der Waals surface area contributed by atoms with Crippen molar-refractivity contribution in [2.45, 2.75) is 57.2 Å². The van der Waals surface area contributed by atoms with Gasteiger partial charge in [-0.2, -0.15) is 5.10 Å². The Bertz CT molecular complexity index is 449. The molecular formula is C16H27N3O2. The molecule has 2 fully saturated rings. The second-order valence-electron chi connectivity index (χ2n) is 6.32. The summed E-state index contributed by atoms with van der Waals surface area (Å²) in [7, 11) is 0. The monoisotopic (exact) mass is 293 g/mol. The molecule has 3 rings (SSSR count). The summed E-state index contributed by atoms with van der Waals surface area (Å²) in [4.78, 5) is 0. The lowest BCUT2D eigenvalue weighted by Crippen LogP contribution is -2.44. The highest BCUT2D eigenvalue weighted by Crippen LogP contribution is 2.39. The van der Waals surface area contributed by atoms with Crippen LogP contribution in [0.15, 0.2) is 12.4 Å². The lowest BCUT2D eigenvalue weighted by atomic mass is 9.84.